The van der Waals surface area contributed by atoms with Gasteiger partial charge in [-0.3, -0.25) is 9.59 Å². The Hall–Kier alpha value is -3.65. The molecule has 2 amide bonds. The number of benzene rings is 3. The lowest BCUT2D eigenvalue weighted by Crippen LogP contribution is -2.58. The fourth-order valence-electron chi connectivity index (χ4n) is 4.48. The van der Waals surface area contributed by atoms with Crippen LogP contribution in [0.1, 0.15) is 34.8 Å². The minimum Gasteiger partial charge on any atom is -0.378 e. The van der Waals surface area contributed by atoms with E-state index in [1.54, 1.807) is 41.3 Å². The van der Waals surface area contributed by atoms with Crippen molar-refractivity contribution in [1.29, 1.82) is 0 Å². The summed E-state index contributed by atoms with van der Waals surface area (Å²) in [5.41, 5.74) is 1.08. The lowest BCUT2D eigenvalue weighted by atomic mass is 9.99. The third-order valence-electron chi connectivity index (χ3n) is 6.40. The zero-order valence-corrected chi connectivity index (χ0v) is 19.6. The van der Waals surface area contributed by atoms with Crippen LogP contribution in [-0.4, -0.2) is 45.9 Å². The topological polar surface area (TPSA) is 60.9 Å². The van der Waals surface area contributed by atoms with Gasteiger partial charge in [-0.25, -0.2) is 0 Å². The van der Waals surface area contributed by atoms with Crippen LogP contribution in [0.3, 0.4) is 0 Å². The van der Waals surface area contributed by atoms with Gasteiger partial charge in [0, 0.05) is 13.1 Å². The molecule has 1 fully saturated rings. The molecule has 1 N–H and O–H groups in total. The number of carbonyl (C=O) groups is 2. The molecule has 1 saturated heterocycles. The van der Waals surface area contributed by atoms with Crippen LogP contribution >= 0.6 is 0 Å². The first-order valence-corrected chi connectivity index (χ1v) is 11.7. The van der Waals surface area contributed by atoms with Crippen molar-refractivity contribution in [3.8, 4) is 0 Å². The smallest absolute Gasteiger partial charge is 0.378 e. The van der Waals surface area contributed by atoms with E-state index in [0.29, 0.717) is 24.0 Å². The summed E-state index contributed by atoms with van der Waals surface area (Å²) in [7, 11) is 0. The van der Waals surface area contributed by atoms with E-state index in [2.05, 4.69) is 0 Å². The third kappa shape index (κ3) is 6.12. The van der Waals surface area contributed by atoms with Gasteiger partial charge in [0.05, 0.1) is 18.2 Å². The van der Waals surface area contributed by atoms with Gasteiger partial charge < -0.3 is 14.9 Å². The van der Waals surface area contributed by atoms with Crippen molar-refractivity contribution in [3.05, 3.63) is 107 Å². The van der Waals surface area contributed by atoms with E-state index < -0.39 is 29.8 Å². The van der Waals surface area contributed by atoms with E-state index in [0.717, 1.165) is 17.7 Å². The molecule has 3 aromatic rings. The average Bonchev–Trinajstić information content (AvgIpc) is 2.89. The fourth-order valence-corrected chi connectivity index (χ4v) is 4.48. The molecule has 36 heavy (non-hydrogen) atoms. The minimum absolute atomic E-state index is 0.00544. The van der Waals surface area contributed by atoms with E-state index in [1.807, 2.05) is 30.3 Å². The first-order chi connectivity index (χ1) is 17.2. The number of aryl methyl sites for hydroxylation is 1. The number of aliphatic hydroxyl groups excluding tert-OH is 1. The molecule has 1 heterocycles. The number of nitrogens with zero attached hydrogens (tertiary/aromatic N) is 2. The Balaban J connectivity index is 1.55. The number of piperazine rings is 1. The number of carbonyl (C=O) groups excluding carboxylic acids is 2. The molecule has 0 aromatic heterocycles. The molecule has 0 saturated carbocycles. The highest BCUT2D eigenvalue weighted by Crippen LogP contribution is 2.30. The molecule has 1 aliphatic rings. The highest BCUT2D eigenvalue weighted by atomic mass is 19.4. The predicted octanol–water partition coefficient (Wildman–Crippen LogP) is 4.61. The van der Waals surface area contributed by atoms with Crippen LogP contribution in [0.15, 0.2) is 84.9 Å². The molecule has 0 unspecified atom stereocenters. The van der Waals surface area contributed by atoms with Crippen LogP contribution < -0.4 is 0 Å². The maximum absolute atomic E-state index is 13.2. The number of hydrogen-bond donors (Lipinski definition) is 1. The van der Waals surface area contributed by atoms with Crippen LogP contribution in [0, 0.1) is 0 Å². The summed E-state index contributed by atoms with van der Waals surface area (Å²) >= 11 is 0. The van der Waals surface area contributed by atoms with Gasteiger partial charge in [0.2, 0.25) is 5.91 Å². The largest absolute Gasteiger partial charge is 0.416 e. The van der Waals surface area contributed by atoms with E-state index in [-0.39, 0.29) is 25.5 Å². The summed E-state index contributed by atoms with van der Waals surface area (Å²) in [6.07, 6.45) is -4.74. The van der Waals surface area contributed by atoms with Crippen molar-refractivity contribution in [3.63, 3.8) is 0 Å². The molecule has 0 spiro atoms. The maximum Gasteiger partial charge on any atom is 0.416 e. The van der Waals surface area contributed by atoms with Crippen LogP contribution in [0.4, 0.5) is 13.2 Å². The summed E-state index contributed by atoms with van der Waals surface area (Å²) in [6, 6.07) is 22.7. The fraction of sp³-hybridized carbons (Fsp3) is 0.286. The van der Waals surface area contributed by atoms with Crippen LogP contribution in [0.25, 0.3) is 0 Å². The summed E-state index contributed by atoms with van der Waals surface area (Å²) in [5.74, 6) is -0.941. The summed E-state index contributed by atoms with van der Waals surface area (Å²) < 4.78 is 39.6. The molecule has 3 aromatic carbocycles. The number of amides is 2. The quantitative estimate of drug-likeness (QED) is 0.520. The van der Waals surface area contributed by atoms with Crippen molar-refractivity contribution >= 4 is 11.8 Å². The lowest BCUT2D eigenvalue weighted by molar-refractivity contribution is -0.154. The molecular formula is C28H27F3N2O3. The Kier molecular flexibility index (Phi) is 7.74. The van der Waals surface area contributed by atoms with Crippen LogP contribution in [-0.2, 0) is 28.7 Å². The predicted molar refractivity (Wildman–Crippen MR) is 129 cm³/mol. The first-order valence-electron chi connectivity index (χ1n) is 11.7. The Morgan fingerprint density at radius 2 is 1.58 bits per heavy atom. The number of hydrogen-bond acceptors (Lipinski definition) is 3. The average molecular weight is 497 g/mol. The van der Waals surface area contributed by atoms with E-state index in [4.69, 9.17) is 0 Å². The molecule has 4 rings (SSSR count). The molecule has 0 radical (unpaired) electrons. The van der Waals surface area contributed by atoms with Crippen molar-refractivity contribution in [1.82, 2.24) is 9.80 Å². The molecule has 2 atom stereocenters. The zero-order chi connectivity index (χ0) is 25.7. The molecule has 1 aliphatic heterocycles. The molecule has 188 valence electrons. The normalized spacial score (nSPS) is 17.2. The van der Waals surface area contributed by atoms with Crippen LogP contribution in [0.2, 0.25) is 0 Å². The van der Waals surface area contributed by atoms with Gasteiger partial charge in [-0.05, 0) is 41.7 Å². The second-order valence-electron chi connectivity index (χ2n) is 8.93. The number of halogens is 3. The van der Waals surface area contributed by atoms with Gasteiger partial charge in [-0.2, -0.15) is 13.2 Å². The van der Waals surface area contributed by atoms with Gasteiger partial charge in [-0.15, -0.1) is 0 Å². The van der Waals surface area contributed by atoms with Crippen molar-refractivity contribution in [2.75, 3.05) is 13.1 Å². The Morgan fingerprint density at radius 3 is 2.25 bits per heavy atom. The van der Waals surface area contributed by atoms with Gasteiger partial charge in [0.25, 0.3) is 5.91 Å². The Morgan fingerprint density at radius 1 is 0.944 bits per heavy atom. The van der Waals surface area contributed by atoms with Crippen molar-refractivity contribution in [2.45, 2.75) is 37.7 Å². The molecule has 0 aliphatic carbocycles. The van der Waals surface area contributed by atoms with Crippen LogP contribution in [0.5, 0.6) is 0 Å². The van der Waals surface area contributed by atoms with Gasteiger partial charge in [0.1, 0.15) is 0 Å². The maximum atomic E-state index is 13.2. The van der Waals surface area contributed by atoms with E-state index >= 15 is 0 Å². The molecule has 0 bridgehead atoms. The van der Waals surface area contributed by atoms with Crippen molar-refractivity contribution < 1.29 is 27.9 Å². The molecule has 5 nitrogen and oxygen atoms in total. The van der Waals surface area contributed by atoms with E-state index in [9.17, 15) is 27.9 Å². The summed E-state index contributed by atoms with van der Waals surface area (Å²) in [4.78, 5) is 29.2. The standard InChI is InChI=1S/C28H27F3N2O3/c29-28(30,31)23-13-7-10-21(16-23)17-33-24(15-14-20-8-3-1-4-9-20)18-32(19-25(33)34)27(36)26(35)22-11-5-2-6-12-22/h1-13,16,24,26,35H,14-15,17-19H2/t24-,26-/m0/s1. The molecule has 8 heteroatoms. The van der Waals surface area contributed by atoms with E-state index in [1.165, 1.54) is 11.0 Å². The summed E-state index contributed by atoms with van der Waals surface area (Å²) in [5, 5.41) is 10.6. The lowest BCUT2D eigenvalue weighted by Gasteiger charge is -2.42. The van der Waals surface area contributed by atoms with Gasteiger partial charge >= 0.3 is 6.18 Å². The summed E-state index contributed by atoms with van der Waals surface area (Å²) in [6.45, 7) is -0.0603. The minimum atomic E-state index is -4.48. The second kappa shape index (κ2) is 11.0. The highest BCUT2D eigenvalue weighted by molar-refractivity contribution is 5.89. The number of rotatable bonds is 7. The first kappa shape index (κ1) is 25.4. The highest BCUT2D eigenvalue weighted by Gasteiger charge is 2.37. The monoisotopic (exact) mass is 496 g/mol. The number of alkyl halides is 3. The van der Waals surface area contributed by atoms with Gasteiger partial charge in [0.15, 0.2) is 6.10 Å². The zero-order valence-electron chi connectivity index (χ0n) is 19.6. The SMILES string of the molecule is O=C([C@@H](O)c1ccccc1)N1CC(=O)N(Cc2cccc(C(F)(F)F)c2)[C@@H](CCc2ccccc2)C1. The Labute approximate surface area is 207 Å². The van der Waals surface area contributed by atoms with Gasteiger partial charge in [-0.1, -0.05) is 72.8 Å². The second-order valence-corrected chi connectivity index (χ2v) is 8.93. The number of aliphatic hydroxyl groups is 1. The van der Waals surface area contributed by atoms with Crippen molar-refractivity contribution in [2.24, 2.45) is 0 Å². The molecular weight excluding hydrogens is 469 g/mol. The Bertz CT molecular complexity index is 1190. The third-order valence-corrected chi connectivity index (χ3v) is 6.40.